The first kappa shape index (κ1) is 12.6. The van der Waals surface area contributed by atoms with Crippen molar-refractivity contribution in [3.63, 3.8) is 0 Å². The van der Waals surface area contributed by atoms with Crippen LogP contribution in [-0.4, -0.2) is 5.11 Å². The third-order valence-electron chi connectivity index (χ3n) is 4.31. The zero-order valence-electron chi connectivity index (χ0n) is 11.1. The quantitative estimate of drug-likeness (QED) is 0.785. The lowest BCUT2D eigenvalue weighted by atomic mass is 9.72. The average Bonchev–Trinajstić information content (AvgIpc) is 2.39. The molecule has 0 aliphatic heterocycles. The third-order valence-corrected chi connectivity index (χ3v) is 4.31. The van der Waals surface area contributed by atoms with E-state index in [1.54, 1.807) is 0 Å². The van der Waals surface area contributed by atoms with Crippen LogP contribution in [0.5, 0.6) is 0 Å². The zero-order chi connectivity index (χ0) is 12.8. The molecule has 1 atom stereocenters. The summed E-state index contributed by atoms with van der Waals surface area (Å²) in [4.78, 5) is 0. The Hall–Kier alpha value is -0.890. The fraction of sp³-hybridized carbons (Fsp3) is 0.600. The summed E-state index contributed by atoms with van der Waals surface area (Å²) in [6, 6.07) is 3.47. The number of rotatable bonds is 1. The van der Waals surface area contributed by atoms with Gasteiger partial charge in [0.1, 0.15) is 5.82 Å². The second-order valence-corrected chi connectivity index (χ2v) is 6.04. The molecule has 0 amide bonds. The van der Waals surface area contributed by atoms with Crippen LogP contribution in [0.1, 0.15) is 49.8 Å². The Bertz CT molecular complexity index is 427. The van der Waals surface area contributed by atoms with Gasteiger partial charge in [0.2, 0.25) is 0 Å². The third kappa shape index (κ3) is 1.79. The van der Waals surface area contributed by atoms with E-state index < -0.39 is 5.60 Å². The van der Waals surface area contributed by atoms with Crippen LogP contribution in [0.3, 0.4) is 0 Å². The molecule has 1 unspecified atom stereocenters. The minimum Gasteiger partial charge on any atom is -0.384 e. The molecule has 0 aromatic heterocycles. The number of aliphatic hydroxyl groups is 1. The van der Waals surface area contributed by atoms with Crippen molar-refractivity contribution in [2.75, 3.05) is 0 Å². The van der Waals surface area contributed by atoms with Crippen molar-refractivity contribution < 1.29 is 9.50 Å². The van der Waals surface area contributed by atoms with Crippen molar-refractivity contribution in [2.24, 2.45) is 5.41 Å². The number of halogens is 1. The van der Waals surface area contributed by atoms with E-state index in [0.29, 0.717) is 12.0 Å². The molecule has 0 heterocycles. The van der Waals surface area contributed by atoms with E-state index in [0.717, 1.165) is 24.0 Å². The summed E-state index contributed by atoms with van der Waals surface area (Å²) < 4.78 is 14.2. The van der Waals surface area contributed by atoms with E-state index in [2.05, 4.69) is 0 Å². The SMILES string of the molecule is Cc1cc(C)c(C2(O)CCCC2(C)C)c(F)c1. The van der Waals surface area contributed by atoms with Gasteiger partial charge in [-0.3, -0.25) is 0 Å². The fourth-order valence-corrected chi connectivity index (χ4v) is 3.23. The molecule has 17 heavy (non-hydrogen) atoms. The van der Waals surface area contributed by atoms with Gasteiger partial charge in [-0.2, -0.15) is 0 Å². The topological polar surface area (TPSA) is 20.2 Å². The summed E-state index contributed by atoms with van der Waals surface area (Å²) in [6.07, 6.45) is 2.55. The second-order valence-electron chi connectivity index (χ2n) is 6.04. The van der Waals surface area contributed by atoms with Gasteiger partial charge in [0.05, 0.1) is 5.60 Å². The Kier molecular flexibility index (Phi) is 2.81. The predicted molar refractivity (Wildman–Crippen MR) is 67.4 cm³/mol. The maximum atomic E-state index is 14.2. The normalized spacial score (nSPS) is 27.4. The molecular formula is C15H21FO. The van der Waals surface area contributed by atoms with Gasteiger partial charge in [-0.15, -0.1) is 0 Å². The molecule has 1 N–H and O–H groups in total. The molecule has 1 saturated carbocycles. The van der Waals surface area contributed by atoms with Crippen molar-refractivity contribution in [3.05, 3.63) is 34.6 Å². The Labute approximate surface area is 103 Å². The Morgan fingerprint density at radius 2 is 1.82 bits per heavy atom. The lowest BCUT2D eigenvalue weighted by Gasteiger charge is -2.38. The molecule has 1 nitrogen and oxygen atoms in total. The van der Waals surface area contributed by atoms with E-state index >= 15 is 0 Å². The first-order chi connectivity index (χ1) is 7.78. The minimum atomic E-state index is -1.02. The highest BCUT2D eigenvalue weighted by molar-refractivity contribution is 5.38. The summed E-state index contributed by atoms with van der Waals surface area (Å²) in [7, 11) is 0. The molecule has 0 saturated heterocycles. The smallest absolute Gasteiger partial charge is 0.129 e. The first-order valence-electron chi connectivity index (χ1n) is 6.27. The van der Waals surface area contributed by atoms with E-state index in [1.807, 2.05) is 33.8 Å². The highest BCUT2D eigenvalue weighted by Crippen LogP contribution is 2.53. The van der Waals surface area contributed by atoms with Crippen LogP contribution in [0.25, 0.3) is 0 Å². The second kappa shape index (κ2) is 3.81. The lowest BCUT2D eigenvalue weighted by Crippen LogP contribution is -2.38. The molecule has 2 heteroatoms. The van der Waals surface area contributed by atoms with Gasteiger partial charge in [0.15, 0.2) is 0 Å². The minimum absolute atomic E-state index is 0.256. The predicted octanol–water partition coefficient (Wildman–Crippen LogP) is 3.84. The molecule has 1 fully saturated rings. The van der Waals surface area contributed by atoms with Crippen LogP contribution in [0.4, 0.5) is 4.39 Å². The number of benzene rings is 1. The van der Waals surface area contributed by atoms with Gasteiger partial charge in [0.25, 0.3) is 0 Å². The molecule has 1 aliphatic rings. The Balaban J connectivity index is 2.61. The lowest BCUT2D eigenvalue weighted by molar-refractivity contribution is -0.0517. The van der Waals surface area contributed by atoms with Gasteiger partial charge < -0.3 is 5.11 Å². The summed E-state index contributed by atoms with van der Waals surface area (Å²) in [5, 5.41) is 10.9. The first-order valence-corrected chi connectivity index (χ1v) is 6.27. The van der Waals surface area contributed by atoms with Crippen LogP contribution in [0.15, 0.2) is 12.1 Å². The summed E-state index contributed by atoms with van der Waals surface area (Å²) in [5.74, 6) is -0.264. The Morgan fingerprint density at radius 1 is 1.18 bits per heavy atom. The van der Waals surface area contributed by atoms with E-state index in [4.69, 9.17) is 0 Å². The largest absolute Gasteiger partial charge is 0.384 e. The van der Waals surface area contributed by atoms with Crippen molar-refractivity contribution in [1.29, 1.82) is 0 Å². The molecule has 0 bridgehead atoms. The number of hydrogen-bond acceptors (Lipinski definition) is 1. The van der Waals surface area contributed by atoms with Crippen LogP contribution in [0.2, 0.25) is 0 Å². The summed E-state index contributed by atoms with van der Waals surface area (Å²) in [5.41, 5.74) is 0.997. The fourth-order valence-electron chi connectivity index (χ4n) is 3.23. The number of aryl methyl sites for hydroxylation is 2. The standard InChI is InChI=1S/C15H21FO/c1-10-8-11(2)13(12(16)9-10)15(17)7-5-6-14(15,3)4/h8-9,17H,5-7H2,1-4H3. The molecule has 1 aromatic carbocycles. The highest BCUT2D eigenvalue weighted by atomic mass is 19.1. The van der Waals surface area contributed by atoms with Gasteiger partial charge in [-0.25, -0.2) is 4.39 Å². The van der Waals surface area contributed by atoms with E-state index in [9.17, 15) is 9.50 Å². The summed E-state index contributed by atoms with van der Waals surface area (Å²) in [6.45, 7) is 7.82. The molecular weight excluding hydrogens is 215 g/mol. The van der Waals surface area contributed by atoms with Crippen molar-refractivity contribution >= 4 is 0 Å². The average molecular weight is 236 g/mol. The van der Waals surface area contributed by atoms with Crippen molar-refractivity contribution in [1.82, 2.24) is 0 Å². The Morgan fingerprint density at radius 3 is 2.29 bits per heavy atom. The monoisotopic (exact) mass is 236 g/mol. The molecule has 2 rings (SSSR count). The van der Waals surface area contributed by atoms with Crippen LogP contribution in [-0.2, 0) is 5.60 Å². The van der Waals surface area contributed by atoms with Crippen LogP contribution < -0.4 is 0 Å². The molecule has 94 valence electrons. The molecule has 0 spiro atoms. The maximum absolute atomic E-state index is 14.2. The zero-order valence-corrected chi connectivity index (χ0v) is 11.1. The molecule has 0 radical (unpaired) electrons. The van der Waals surface area contributed by atoms with Gasteiger partial charge in [0, 0.05) is 5.56 Å². The maximum Gasteiger partial charge on any atom is 0.129 e. The van der Waals surface area contributed by atoms with Crippen LogP contribution >= 0.6 is 0 Å². The van der Waals surface area contributed by atoms with E-state index in [1.165, 1.54) is 6.07 Å². The van der Waals surface area contributed by atoms with Crippen molar-refractivity contribution in [3.8, 4) is 0 Å². The van der Waals surface area contributed by atoms with Gasteiger partial charge >= 0.3 is 0 Å². The number of hydrogen-bond donors (Lipinski definition) is 1. The molecule has 1 aromatic rings. The van der Waals surface area contributed by atoms with Crippen molar-refractivity contribution in [2.45, 2.75) is 52.6 Å². The van der Waals surface area contributed by atoms with Gasteiger partial charge in [-0.1, -0.05) is 19.9 Å². The van der Waals surface area contributed by atoms with Crippen LogP contribution in [0, 0.1) is 25.1 Å². The highest BCUT2D eigenvalue weighted by Gasteiger charge is 2.50. The van der Waals surface area contributed by atoms with Gasteiger partial charge in [-0.05, 0) is 55.7 Å². The van der Waals surface area contributed by atoms with E-state index in [-0.39, 0.29) is 11.2 Å². The summed E-state index contributed by atoms with van der Waals surface area (Å²) >= 11 is 0. The molecule has 1 aliphatic carbocycles.